The van der Waals surface area contributed by atoms with Gasteiger partial charge in [0, 0.05) is 43.4 Å². The molecule has 7 nitrogen and oxygen atoms in total. The van der Waals surface area contributed by atoms with Gasteiger partial charge >= 0.3 is 0 Å². The van der Waals surface area contributed by atoms with Crippen LogP contribution in [0.2, 0.25) is 0 Å². The van der Waals surface area contributed by atoms with Crippen LogP contribution in [0.4, 0.5) is 10.2 Å². The van der Waals surface area contributed by atoms with Crippen LogP contribution in [-0.4, -0.2) is 51.1 Å². The topological polar surface area (TPSA) is 97.0 Å². The van der Waals surface area contributed by atoms with Crippen molar-refractivity contribution in [2.24, 2.45) is 0 Å². The van der Waals surface area contributed by atoms with Gasteiger partial charge < -0.3 is 11.1 Å². The predicted octanol–water partition coefficient (Wildman–Crippen LogP) is 1.17. The zero-order valence-electron chi connectivity index (χ0n) is 13.3. The lowest BCUT2D eigenvalue weighted by molar-refractivity contribution is 0.0935. The number of hydrogen-bond acceptors (Lipinski definition) is 7. The Morgan fingerprint density at radius 3 is 3.00 bits per heavy atom. The molecule has 2 aromatic heterocycles. The van der Waals surface area contributed by atoms with E-state index in [1.165, 1.54) is 12.4 Å². The second-order valence-corrected chi connectivity index (χ2v) is 6.84. The molecule has 0 saturated carbocycles. The highest BCUT2D eigenvalue weighted by Gasteiger charge is 2.32. The first-order valence-corrected chi connectivity index (χ1v) is 8.54. The van der Waals surface area contributed by atoms with Gasteiger partial charge in [-0.1, -0.05) is 0 Å². The number of carbonyl (C=O) groups excluding carboxylic acids is 1. The Morgan fingerprint density at radius 1 is 1.50 bits per heavy atom. The number of nitrogens with zero attached hydrogens (tertiary/aromatic N) is 4. The summed E-state index contributed by atoms with van der Waals surface area (Å²) in [7, 11) is 0. The summed E-state index contributed by atoms with van der Waals surface area (Å²) in [5.74, 6) is -0.313. The summed E-state index contributed by atoms with van der Waals surface area (Å²) in [6.45, 7) is 3.21. The minimum absolute atomic E-state index is 0.0798. The van der Waals surface area contributed by atoms with E-state index in [0.717, 1.165) is 10.7 Å². The molecule has 0 radical (unpaired) electrons. The number of nitrogen functional groups attached to an aromatic ring is 1. The van der Waals surface area contributed by atoms with Gasteiger partial charge in [-0.2, -0.15) is 0 Å². The Labute approximate surface area is 143 Å². The minimum atomic E-state index is -0.895. The van der Waals surface area contributed by atoms with Crippen molar-refractivity contribution in [2.75, 3.05) is 18.8 Å². The molecule has 1 saturated heterocycles. The zero-order valence-corrected chi connectivity index (χ0v) is 14.1. The predicted molar refractivity (Wildman–Crippen MR) is 89.3 cm³/mol. The monoisotopic (exact) mass is 350 g/mol. The Morgan fingerprint density at radius 2 is 2.29 bits per heavy atom. The number of anilines is 1. The maximum Gasteiger partial charge on any atom is 0.273 e. The zero-order chi connectivity index (χ0) is 17.1. The van der Waals surface area contributed by atoms with Crippen LogP contribution >= 0.6 is 11.3 Å². The molecule has 1 amide bonds. The quantitative estimate of drug-likeness (QED) is 0.840. The number of hydrogen-bond donors (Lipinski definition) is 2. The van der Waals surface area contributed by atoms with Gasteiger partial charge in [0.2, 0.25) is 0 Å². The summed E-state index contributed by atoms with van der Waals surface area (Å²) in [6, 6.07) is -0.0798. The highest BCUT2D eigenvalue weighted by Crippen LogP contribution is 2.23. The summed E-state index contributed by atoms with van der Waals surface area (Å²) in [4.78, 5) is 26.4. The average molecular weight is 350 g/mol. The van der Waals surface area contributed by atoms with E-state index in [1.54, 1.807) is 11.3 Å². The van der Waals surface area contributed by atoms with Crippen molar-refractivity contribution in [1.29, 1.82) is 0 Å². The van der Waals surface area contributed by atoms with Gasteiger partial charge in [-0.3, -0.25) is 9.69 Å². The number of aryl methyl sites for hydroxylation is 1. The number of thiazole rings is 1. The fraction of sp³-hybridized carbons (Fsp3) is 0.467. The lowest BCUT2D eigenvalue weighted by Crippen LogP contribution is -2.40. The molecule has 3 N–H and O–H groups in total. The summed E-state index contributed by atoms with van der Waals surface area (Å²) in [5, 5.41) is 5.75. The molecule has 1 fully saturated rings. The van der Waals surface area contributed by atoms with E-state index in [4.69, 9.17) is 5.73 Å². The smallest absolute Gasteiger partial charge is 0.273 e. The van der Waals surface area contributed by atoms with Gasteiger partial charge in [0.15, 0.2) is 11.5 Å². The maximum atomic E-state index is 13.8. The first-order chi connectivity index (χ1) is 11.5. The second-order valence-electron chi connectivity index (χ2n) is 5.77. The minimum Gasteiger partial charge on any atom is -0.382 e. The van der Waals surface area contributed by atoms with Gasteiger partial charge in [-0.25, -0.2) is 19.3 Å². The van der Waals surface area contributed by atoms with Gasteiger partial charge in [0.25, 0.3) is 5.91 Å². The molecule has 0 aromatic carbocycles. The average Bonchev–Trinajstić information content (AvgIpc) is 3.11. The van der Waals surface area contributed by atoms with Crippen molar-refractivity contribution < 1.29 is 9.18 Å². The molecule has 24 heavy (non-hydrogen) atoms. The van der Waals surface area contributed by atoms with Crippen molar-refractivity contribution >= 4 is 23.1 Å². The van der Waals surface area contributed by atoms with E-state index in [1.807, 2.05) is 17.2 Å². The van der Waals surface area contributed by atoms with Crippen molar-refractivity contribution in [3.05, 3.63) is 34.2 Å². The summed E-state index contributed by atoms with van der Waals surface area (Å²) in [6.07, 6.45) is 2.33. The third-order valence-corrected chi connectivity index (χ3v) is 4.77. The molecule has 0 bridgehead atoms. The van der Waals surface area contributed by atoms with E-state index >= 15 is 0 Å². The SMILES string of the molecule is Cc1nc(CN2C[C@@H](F)C[C@H]2CNC(=O)c2nccnc2N)cs1. The van der Waals surface area contributed by atoms with Crippen LogP contribution in [-0.2, 0) is 6.54 Å². The van der Waals surface area contributed by atoms with Crippen LogP contribution in [0.5, 0.6) is 0 Å². The van der Waals surface area contributed by atoms with Crippen molar-refractivity contribution in [2.45, 2.75) is 32.1 Å². The number of rotatable bonds is 5. The third kappa shape index (κ3) is 3.85. The third-order valence-electron chi connectivity index (χ3n) is 3.95. The van der Waals surface area contributed by atoms with E-state index in [2.05, 4.69) is 20.3 Å². The summed E-state index contributed by atoms with van der Waals surface area (Å²) in [5.41, 5.74) is 6.67. The Kier molecular flexibility index (Phi) is 5.00. The first kappa shape index (κ1) is 16.7. The fourth-order valence-electron chi connectivity index (χ4n) is 2.84. The van der Waals surface area contributed by atoms with Gasteiger partial charge in [-0.05, 0) is 13.3 Å². The van der Waals surface area contributed by atoms with Gasteiger partial charge in [0.05, 0.1) is 10.7 Å². The molecule has 3 rings (SSSR count). The van der Waals surface area contributed by atoms with Crippen LogP contribution in [0, 0.1) is 6.92 Å². The van der Waals surface area contributed by atoms with E-state index in [0.29, 0.717) is 26.1 Å². The molecular formula is C15H19FN6OS. The Balaban J connectivity index is 1.60. The molecule has 9 heteroatoms. The fourth-order valence-corrected chi connectivity index (χ4v) is 3.44. The van der Waals surface area contributed by atoms with Crippen LogP contribution in [0.1, 0.15) is 27.6 Å². The van der Waals surface area contributed by atoms with E-state index in [-0.39, 0.29) is 17.6 Å². The molecule has 128 valence electrons. The first-order valence-electron chi connectivity index (χ1n) is 7.66. The number of alkyl halides is 1. The standard InChI is InChI=1S/C15H19FN6OS/c1-9-21-11(8-24-9)7-22-6-10(16)4-12(22)5-20-15(23)13-14(17)19-3-2-18-13/h2-3,8,10,12H,4-7H2,1H3,(H2,17,19)(H,20,23)/t10-,12-/m0/s1. The van der Waals surface area contributed by atoms with Gasteiger partial charge in [-0.15, -0.1) is 11.3 Å². The number of halogens is 1. The Hall–Kier alpha value is -2.13. The highest BCUT2D eigenvalue weighted by atomic mass is 32.1. The number of aromatic nitrogens is 3. The van der Waals surface area contributed by atoms with Crippen LogP contribution in [0.25, 0.3) is 0 Å². The number of likely N-dealkylation sites (tertiary alicyclic amines) is 1. The van der Waals surface area contributed by atoms with Crippen molar-refractivity contribution in [1.82, 2.24) is 25.2 Å². The molecule has 2 aromatic rings. The molecule has 0 aliphatic carbocycles. The summed E-state index contributed by atoms with van der Waals surface area (Å²) < 4.78 is 13.8. The Bertz CT molecular complexity index is 723. The van der Waals surface area contributed by atoms with Crippen LogP contribution in [0.3, 0.4) is 0 Å². The van der Waals surface area contributed by atoms with Gasteiger partial charge in [0.1, 0.15) is 6.17 Å². The lowest BCUT2D eigenvalue weighted by atomic mass is 10.2. The highest BCUT2D eigenvalue weighted by molar-refractivity contribution is 7.09. The molecule has 2 atom stereocenters. The summed E-state index contributed by atoms with van der Waals surface area (Å²) >= 11 is 1.58. The number of carbonyl (C=O) groups is 1. The molecular weight excluding hydrogens is 331 g/mol. The van der Waals surface area contributed by atoms with Crippen molar-refractivity contribution in [3.8, 4) is 0 Å². The second kappa shape index (κ2) is 7.18. The number of nitrogens with one attached hydrogen (secondary N) is 1. The number of nitrogens with two attached hydrogens (primary N) is 1. The molecule has 3 heterocycles. The molecule has 1 aliphatic rings. The number of amides is 1. The van der Waals surface area contributed by atoms with E-state index < -0.39 is 12.1 Å². The largest absolute Gasteiger partial charge is 0.382 e. The molecule has 1 aliphatic heterocycles. The van der Waals surface area contributed by atoms with E-state index in [9.17, 15) is 9.18 Å². The maximum absolute atomic E-state index is 13.8. The molecule has 0 unspecified atom stereocenters. The normalized spacial score (nSPS) is 21.1. The van der Waals surface area contributed by atoms with Crippen LogP contribution < -0.4 is 11.1 Å². The lowest BCUT2D eigenvalue weighted by Gasteiger charge is -2.23. The molecule has 0 spiro atoms. The van der Waals surface area contributed by atoms with Crippen LogP contribution in [0.15, 0.2) is 17.8 Å². The van der Waals surface area contributed by atoms with Crippen molar-refractivity contribution in [3.63, 3.8) is 0 Å².